The van der Waals surface area contributed by atoms with Gasteiger partial charge in [0.2, 0.25) is 10.0 Å². The molecule has 1 fully saturated rings. The zero-order valence-corrected chi connectivity index (χ0v) is 11.2. The summed E-state index contributed by atoms with van der Waals surface area (Å²) in [6.45, 7) is 0.940. The molecule has 1 saturated carbocycles. The van der Waals surface area contributed by atoms with Gasteiger partial charge in [0.15, 0.2) is 0 Å². The number of nitrogens with one attached hydrogen (secondary N) is 1. The van der Waals surface area contributed by atoms with Gasteiger partial charge in [-0.1, -0.05) is 0 Å². The molecule has 18 heavy (non-hydrogen) atoms. The minimum atomic E-state index is -3.45. The summed E-state index contributed by atoms with van der Waals surface area (Å²) < 4.78 is 31.7. The first-order chi connectivity index (χ1) is 8.51. The molecule has 1 aromatic carbocycles. The molecule has 1 aliphatic rings. The molecule has 0 bridgehead atoms. The maximum atomic E-state index is 12.0. The molecular formula is C12H18N2O3S. The van der Waals surface area contributed by atoms with Crippen LogP contribution in [0.4, 0.5) is 0 Å². The Bertz CT molecular complexity index is 507. The molecule has 6 heteroatoms. The molecule has 3 N–H and O–H groups in total. The number of methoxy groups -OCH3 is 1. The van der Waals surface area contributed by atoms with Crippen molar-refractivity contribution in [1.82, 2.24) is 4.72 Å². The Hall–Kier alpha value is -1.11. The van der Waals surface area contributed by atoms with Crippen LogP contribution >= 0.6 is 0 Å². The molecule has 1 aromatic rings. The highest BCUT2D eigenvalue weighted by Crippen LogP contribution is 2.43. The fourth-order valence-corrected chi connectivity index (χ4v) is 2.87. The van der Waals surface area contributed by atoms with E-state index in [4.69, 9.17) is 10.5 Å². The van der Waals surface area contributed by atoms with Crippen LogP contribution in [0.1, 0.15) is 12.8 Å². The predicted molar refractivity (Wildman–Crippen MR) is 68.9 cm³/mol. The highest BCUT2D eigenvalue weighted by atomic mass is 32.2. The largest absolute Gasteiger partial charge is 0.497 e. The van der Waals surface area contributed by atoms with Crippen LogP contribution in [0.5, 0.6) is 5.75 Å². The number of nitrogens with two attached hydrogens (primary N) is 1. The Morgan fingerprint density at radius 2 is 1.94 bits per heavy atom. The van der Waals surface area contributed by atoms with Gasteiger partial charge < -0.3 is 10.5 Å². The lowest BCUT2D eigenvalue weighted by Crippen LogP contribution is -2.33. The number of sulfonamides is 1. The summed E-state index contributed by atoms with van der Waals surface area (Å²) in [5.41, 5.74) is 5.61. The second kappa shape index (κ2) is 4.87. The summed E-state index contributed by atoms with van der Waals surface area (Å²) in [5, 5.41) is 0. The van der Waals surface area contributed by atoms with Crippen molar-refractivity contribution in [3.8, 4) is 5.75 Å². The van der Waals surface area contributed by atoms with Crippen LogP contribution in [-0.4, -0.2) is 28.6 Å². The number of ether oxygens (including phenoxy) is 1. The van der Waals surface area contributed by atoms with Crippen molar-refractivity contribution in [3.05, 3.63) is 24.3 Å². The number of hydrogen-bond acceptors (Lipinski definition) is 4. The van der Waals surface area contributed by atoms with Crippen molar-refractivity contribution in [2.45, 2.75) is 17.7 Å². The van der Waals surface area contributed by atoms with Gasteiger partial charge in [-0.3, -0.25) is 0 Å². The summed E-state index contributed by atoms with van der Waals surface area (Å²) in [7, 11) is -1.91. The second-order valence-corrected chi connectivity index (χ2v) is 6.47. The average Bonchev–Trinajstić information content (AvgIpc) is 3.17. The Labute approximate surface area is 107 Å². The van der Waals surface area contributed by atoms with Crippen LogP contribution in [-0.2, 0) is 10.0 Å². The van der Waals surface area contributed by atoms with Gasteiger partial charge in [-0.15, -0.1) is 0 Å². The third kappa shape index (κ3) is 2.82. The molecule has 2 rings (SSSR count). The Balaban J connectivity index is 2.05. The topological polar surface area (TPSA) is 81.4 Å². The van der Waals surface area contributed by atoms with Gasteiger partial charge >= 0.3 is 0 Å². The van der Waals surface area contributed by atoms with Crippen LogP contribution in [0, 0.1) is 5.41 Å². The molecule has 0 saturated heterocycles. The van der Waals surface area contributed by atoms with E-state index in [2.05, 4.69) is 4.72 Å². The first-order valence-corrected chi connectivity index (χ1v) is 7.33. The second-order valence-electron chi connectivity index (χ2n) is 4.70. The van der Waals surface area contributed by atoms with E-state index in [0.29, 0.717) is 18.8 Å². The Kier molecular flexibility index (Phi) is 3.61. The summed E-state index contributed by atoms with van der Waals surface area (Å²) >= 11 is 0. The SMILES string of the molecule is COc1ccc(S(=O)(=O)NCC2(CN)CC2)cc1. The van der Waals surface area contributed by atoms with Crippen molar-refractivity contribution in [3.63, 3.8) is 0 Å². The van der Waals surface area contributed by atoms with Crippen LogP contribution in [0.15, 0.2) is 29.2 Å². The van der Waals surface area contributed by atoms with E-state index >= 15 is 0 Å². The smallest absolute Gasteiger partial charge is 0.240 e. The third-order valence-electron chi connectivity index (χ3n) is 3.40. The zero-order chi connectivity index (χ0) is 13.2. The molecule has 0 amide bonds. The Morgan fingerprint density at radius 1 is 1.33 bits per heavy atom. The molecule has 0 spiro atoms. The summed E-state index contributed by atoms with van der Waals surface area (Å²) in [6.07, 6.45) is 1.99. The molecule has 5 nitrogen and oxygen atoms in total. The van der Waals surface area contributed by atoms with E-state index in [1.54, 1.807) is 19.2 Å². The van der Waals surface area contributed by atoms with E-state index < -0.39 is 10.0 Å². The maximum Gasteiger partial charge on any atom is 0.240 e. The van der Waals surface area contributed by atoms with Gasteiger partial charge in [0.05, 0.1) is 12.0 Å². The van der Waals surface area contributed by atoms with Crippen LogP contribution < -0.4 is 15.2 Å². The van der Waals surface area contributed by atoms with Crippen LogP contribution in [0.2, 0.25) is 0 Å². The highest BCUT2D eigenvalue weighted by Gasteiger charge is 2.41. The maximum absolute atomic E-state index is 12.0. The molecule has 0 aliphatic heterocycles. The van der Waals surface area contributed by atoms with Gasteiger partial charge in [-0.25, -0.2) is 13.1 Å². The molecule has 1 aliphatic carbocycles. The summed E-state index contributed by atoms with van der Waals surface area (Å²) in [4.78, 5) is 0.246. The molecule has 0 heterocycles. The van der Waals surface area contributed by atoms with Crippen molar-refractivity contribution < 1.29 is 13.2 Å². The lowest BCUT2D eigenvalue weighted by atomic mass is 10.1. The highest BCUT2D eigenvalue weighted by molar-refractivity contribution is 7.89. The van der Waals surface area contributed by atoms with Gasteiger partial charge in [-0.2, -0.15) is 0 Å². The average molecular weight is 270 g/mol. The van der Waals surface area contributed by atoms with Crippen molar-refractivity contribution in [2.24, 2.45) is 11.1 Å². The lowest BCUT2D eigenvalue weighted by molar-refractivity contribution is 0.414. The van der Waals surface area contributed by atoms with Crippen LogP contribution in [0.25, 0.3) is 0 Å². The van der Waals surface area contributed by atoms with Crippen molar-refractivity contribution >= 4 is 10.0 Å². The lowest BCUT2D eigenvalue weighted by Gasteiger charge is -2.13. The number of hydrogen-bond donors (Lipinski definition) is 2. The van der Waals surface area contributed by atoms with E-state index in [0.717, 1.165) is 12.8 Å². The molecule has 0 aromatic heterocycles. The van der Waals surface area contributed by atoms with Gasteiger partial charge in [-0.05, 0) is 49.1 Å². The first-order valence-electron chi connectivity index (χ1n) is 5.85. The predicted octanol–water partition coefficient (Wildman–Crippen LogP) is 0.712. The minimum Gasteiger partial charge on any atom is -0.497 e. The van der Waals surface area contributed by atoms with Crippen molar-refractivity contribution in [1.29, 1.82) is 0 Å². The molecular weight excluding hydrogens is 252 g/mol. The number of rotatable bonds is 6. The molecule has 0 radical (unpaired) electrons. The van der Waals surface area contributed by atoms with Crippen molar-refractivity contribution in [2.75, 3.05) is 20.2 Å². The fraction of sp³-hybridized carbons (Fsp3) is 0.500. The molecule has 0 unspecified atom stereocenters. The van der Waals surface area contributed by atoms with Gasteiger partial charge in [0.25, 0.3) is 0 Å². The Morgan fingerprint density at radius 3 is 2.39 bits per heavy atom. The molecule has 0 atom stereocenters. The van der Waals surface area contributed by atoms with E-state index in [1.807, 2.05) is 0 Å². The fourth-order valence-electron chi connectivity index (χ4n) is 1.72. The third-order valence-corrected chi connectivity index (χ3v) is 4.81. The van der Waals surface area contributed by atoms with E-state index in [-0.39, 0.29) is 10.3 Å². The van der Waals surface area contributed by atoms with Gasteiger partial charge in [0.1, 0.15) is 5.75 Å². The minimum absolute atomic E-state index is 0.0143. The van der Waals surface area contributed by atoms with E-state index in [9.17, 15) is 8.42 Å². The first kappa shape index (κ1) is 13.3. The standard InChI is InChI=1S/C12H18N2O3S/c1-17-10-2-4-11(5-3-10)18(15,16)14-9-12(8-13)6-7-12/h2-5,14H,6-9,13H2,1H3. The number of benzene rings is 1. The quantitative estimate of drug-likeness (QED) is 0.797. The summed E-state index contributed by atoms with van der Waals surface area (Å²) in [5.74, 6) is 0.634. The normalized spacial score (nSPS) is 17.4. The summed E-state index contributed by atoms with van der Waals surface area (Å²) in [6, 6.07) is 6.32. The van der Waals surface area contributed by atoms with E-state index in [1.165, 1.54) is 12.1 Å². The van der Waals surface area contributed by atoms with Crippen LogP contribution in [0.3, 0.4) is 0 Å². The monoisotopic (exact) mass is 270 g/mol. The molecule has 100 valence electrons. The zero-order valence-electron chi connectivity index (χ0n) is 10.3. The van der Waals surface area contributed by atoms with Gasteiger partial charge in [0, 0.05) is 6.54 Å².